The molecule has 1 atom stereocenters. The van der Waals surface area contributed by atoms with E-state index in [0.29, 0.717) is 19.3 Å². The smallest absolute Gasteiger partial charge is 0.310 e. The van der Waals surface area contributed by atoms with Crippen LogP contribution in [-0.4, -0.2) is 37.2 Å². The fourth-order valence-corrected chi connectivity index (χ4v) is 8.89. The minimum absolute atomic E-state index is 0.0921. The van der Waals surface area contributed by atoms with Crippen molar-refractivity contribution in [3.63, 3.8) is 0 Å². The third-order valence-corrected chi connectivity index (χ3v) is 13.8. The summed E-state index contributed by atoms with van der Waals surface area (Å²) in [6, 6.07) is 0. The average Bonchev–Trinajstić information content (AvgIpc) is 3.48. The van der Waals surface area contributed by atoms with E-state index < -0.39 is 12.1 Å². The Morgan fingerprint density at radius 2 is 0.512 bits per heavy atom. The fraction of sp³-hybridized carbons (Fsp3) is 0.618. The zero-order valence-corrected chi connectivity index (χ0v) is 52.9. The third kappa shape index (κ3) is 65.8. The van der Waals surface area contributed by atoms with Gasteiger partial charge in [0.2, 0.25) is 0 Å². The van der Waals surface area contributed by atoms with Crippen LogP contribution in [0.15, 0.2) is 158 Å². The molecule has 0 N–H and O–H groups in total. The normalized spacial score (nSPS) is 13.2. The van der Waals surface area contributed by atoms with Gasteiger partial charge >= 0.3 is 17.9 Å². The van der Waals surface area contributed by atoms with Gasteiger partial charge in [-0.15, -0.1) is 0 Å². The Hall–Kier alpha value is -4.97. The van der Waals surface area contributed by atoms with E-state index in [1.165, 1.54) is 116 Å². The number of unbranched alkanes of at least 4 members (excludes halogenated alkanes) is 23. The zero-order chi connectivity index (χ0) is 59.2. The molecule has 82 heavy (non-hydrogen) atoms. The molecule has 6 heteroatoms. The predicted molar refractivity (Wildman–Crippen MR) is 357 cm³/mol. The van der Waals surface area contributed by atoms with E-state index in [4.69, 9.17) is 14.2 Å². The monoisotopic (exact) mass is 1130 g/mol. The molecule has 0 fully saturated rings. The number of allylic oxidation sites excluding steroid dienone is 25. The van der Waals surface area contributed by atoms with Crippen LogP contribution in [0.5, 0.6) is 0 Å². The maximum Gasteiger partial charge on any atom is 0.310 e. The van der Waals surface area contributed by atoms with Gasteiger partial charge in [0, 0.05) is 12.8 Å². The Kier molecular flexibility index (Phi) is 64.4. The highest BCUT2D eigenvalue weighted by molar-refractivity contribution is 5.72. The van der Waals surface area contributed by atoms with Crippen LogP contribution in [0.3, 0.4) is 0 Å². The van der Waals surface area contributed by atoms with E-state index in [9.17, 15) is 14.4 Å². The summed E-state index contributed by atoms with van der Waals surface area (Å²) in [6.07, 6.45) is 100. The van der Waals surface area contributed by atoms with Crippen LogP contribution in [0.1, 0.15) is 284 Å². The molecule has 6 nitrogen and oxygen atoms in total. The molecule has 0 amide bonds. The predicted octanol–water partition coefficient (Wildman–Crippen LogP) is 23.3. The van der Waals surface area contributed by atoms with Crippen LogP contribution in [0.4, 0.5) is 0 Å². The van der Waals surface area contributed by atoms with E-state index in [-0.39, 0.29) is 31.6 Å². The Morgan fingerprint density at radius 1 is 0.268 bits per heavy atom. The summed E-state index contributed by atoms with van der Waals surface area (Å²) < 4.78 is 16.8. The number of hydrogen-bond acceptors (Lipinski definition) is 6. The molecular weight excluding hydrogens is 1010 g/mol. The van der Waals surface area contributed by atoms with Gasteiger partial charge in [-0.05, 0) is 109 Å². The molecule has 0 saturated carbocycles. The van der Waals surface area contributed by atoms with Crippen LogP contribution < -0.4 is 0 Å². The number of ether oxygens (including phenoxy) is 3. The summed E-state index contributed by atoms with van der Waals surface area (Å²) in [5, 5.41) is 0. The molecule has 0 aliphatic rings. The minimum atomic E-state index is -0.839. The lowest BCUT2D eigenvalue weighted by molar-refractivity contribution is -0.166. The van der Waals surface area contributed by atoms with Gasteiger partial charge in [0.25, 0.3) is 0 Å². The SMILES string of the molecule is CC/C=C\C/C=C\C/C=C\C/C=C\C/C=C\C/C=C\C/C=C\C/C=C\CCCCCCCCCCCCC(=O)OCC(COC(=O)CCCCCCCCCCCCCCCC)OC(=O)C/C=C\C/C=C\C/C=C\C/C=C\C/C=C\CC. The first-order valence-electron chi connectivity index (χ1n) is 33.5. The first kappa shape index (κ1) is 77.0. The van der Waals surface area contributed by atoms with Gasteiger partial charge < -0.3 is 14.2 Å². The lowest BCUT2D eigenvalue weighted by atomic mass is 10.0. The summed E-state index contributed by atoms with van der Waals surface area (Å²) >= 11 is 0. The molecule has 1 unspecified atom stereocenters. The second kappa shape index (κ2) is 68.5. The Bertz CT molecular complexity index is 1830. The number of carbonyl (C=O) groups excluding carboxylic acids is 3. The summed E-state index contributed by atoms with van der Waals surface area (Å²) in [6.45, 7) is 6.33. The van der Waals surface area contributed by atoms with Crippen molar-refractivity contribution in [2.75, 3.05) is 13.2 Å². The Labute approximate surface area is 505 Å². The van der Waals surface area contributed by atoms with Crippen LogP contribution in [-0.2, 0) is 28.6 Å². The highest BCUT2D eigenvalue weighted by atomic mass is 16.6. The van der Waals surface area contributed by atoms with Crippen LogP contribution >= 0.6 is 0 Å². The maximum atomic E-state index is 12.8. The van der Waals surface area contributed by atoms with Crippen molar-refractivity contribution in [2.45, 2.75) is 290 Å². The lowest BCUT2D eigenvalue weighted by Crippen LogP contribution is -2.30. The van der Waals surface area contributed by atoms with Crippen molar-refractivity contribution in [3.8, 4) is 0 Å². The molecular formula is C76H122O6. The van der Waals surface area contributed by atoms with Gasteiger partial charge in [-0.25, -0.2) is 0 Å². The molecule has 462 valence electrons. The molecule has 0 aromatic rings. The summed E-state index contributed by atoms with van der Waals surface area (Å²) in [7, 11) is 0. The highest BCUT2D eigenvalue weighted by Crippen LogP contribution is 2.16. The molecule has 0 aliphatic carbocycles. The largest absolute Gasteiger partial charge is 0.462 e. The third-order valence-electron chi connectivity index (χ3n) is 13.8. The number of esters is 3. The zero-order valence-electron chi connectivity index (χ0n) is 52.9. The standard InChI is InChI=1S/C76H122O6/c1-4-7-10-13-16-19-22-25-28-29-30-31-32-33-34-35-36-37-38-39-40-41-42-43-44-45-46-47-49-51-54-57-60-63-66-69-75(78)81-72-73(71-80-74(77)68-65-62-59-56-53-50-27-24-21-18-15-12-9-6-3)82-76(79)70-67-64-61-58-55-52-48-26-23-20-17-14-11-8-5-2/h7-8,10-11,16-17,19-20,25-26,28,30-31,33-34,36-37,39-40,42-43,48,55,58,64,67,73H,4-6,9,12-15,18,21-24,27,29,32,35,38,41,44-47,49-54,56-57,59-63,65-66,68-72H2,1-3H3/b10-7-,11-8-,19-16-,20-17-,28-25-,31-30-,34-33-,37-36-,40-39-,43-42-,48-26-,58-55-,67-64-. The van der Waals surface area contributed by atoms with Crippen molar-refractivity contribution in [3.05, 3.63) is 158 Å². The molecule has 0 aromatic heterocycles. The molecule has 0 radical (unpaired) electrons. The maximum absolute atomic E-state index is 12.8. The molecule has 0 heterocycles. The Morgan fingerprint density at radius 3 is 0.805 bits per heavy atom. The van der Waals surface area contributed by atoms with Gasteiger partial charge in [-0.1, -0.05) is 314 Å². The van der Waals surface area contributed by atoms with Gasteiger partial charge in [0.15, 0.2) is 6.10 Å². The van der Waals surface area contributed by atoms with E-state index in [2.05, 4.69) is 167 Å². The number of rotatable bonds is 59. The van der Waals surface area contributed by atoms with E-state index >= 15 is 0 Å². The fourth-order valence-electron chi connectivity index (χ4n) is 8.89. The van der Waals surface area contributed by atoms with E-state index in [1.54, 1.807) is 6.08 Å². The first-order valence-corrected chi connectivity index (χ1v) is 33.5. The van der Waals surface area contributed by atoms with Crippen molar-refractivity contribution in [1.82, 2.24) is 0 Å². The number of carbonyl (C=O) groups is 3. The van der Waals surface area contributed by atoms with E-state index in [1.807, 2.05) is 6.08 Å². The average molecular weight is 1130 g/mol. The van der Waals surface area contributed by atoms with Gasteiger partial charge in [0.1, 0.15) is 13.2 Å². The first-order chi connectivity index (χ1) is 40.5. The summed E-state index contributed by atoms with van der Waals surface area (Å²) in [5.74, 6) is -1.05. The lowest BCUT2D eigenvalue weighted by Gasteiger charge is -2.18. The number of hydrogen-bond donors (Lipinski definition) is 0. The summed E-state index contributed by atoms with van der Waals surface area (Å²) in [4.78, 5) is 38.2. The van der Waals surface area contributed by atoms with Gasteiger partial charge in [-0.2, -0.15) is 0 Å². The second-order valence-electron chi connectivity index (χ2n) is 21.6. The van der Waals surface area contributed by atoms with Crippen LogP contribution in [0.2, 0.25) is 0 Å². The van der Waals surface area contributed by atoms with Crippen molar-refractivity contribution in [2.24, 2.45) is 0 Å². The Balaban J connectivity index is 4.30. The topological polar surface area (TPSA) is 78.9 Å². The molecule has 0 saturated heterocycles. The van der Waals surface area contributed by atoms with Gasteiger partial charge in [0.05, 0.1) is 6.42 Å². The van der Waals surface area contributed by atoms with E-state index in [0.717, 1.165) is 122 Å². The van der Waals surface area contributed by atoms with Gasteiger partial charge in [-0.3, -0.25) is 14.4 Å². The van der Waals surface area contributed by atoms with Crippen molar-refractivity contribution >= 4 is 17.9 Å². The molecule has 0 aromatic carbocycles. The second-order valence-corrected chi connectivity index (χ2v) is 21.6. The van der Waals surface area contributed by atoms with Crippen LogP contribution in [0, 0.1) is 0 Å². The van der Waals surface area contributed by atoms with Crippen LogP contribution in [0.25, 0.3) is 0 Å². The highest BCUT2D eigenvalue weighted by Gasteiger charge is 2.19. The summed E-state index contributed by atoms with van der Waals surface area (Å²) in [5.41, 5.74) is 0. The van der Waals surface area contributed by atoms with Crippen molar-refractivity contribution in [1.29, 1.82) is 0 Å². The molecule has 0 rings (SSSR count). The molecule has 0 spiro atoms. The quantitative estimate of drug-likeness (QED) is 0.0261. The van der Waals surface area contributed by atoms with Crippen molar-refractivity contribution < 1.29 is 28.6 Å². The molecule has 0 bridgehead atoms. The molecule has 0 aliphatic heterocycles. The minimum Gasteiger partial charge on any atom is -0.462 e.